The van der Waals surface area contributed by atoms with Crippen LogP contribution in [-0.2, 0) is 9.53 Å². The third-order valence-electron chi connectivity index (χ3n) is 4.47. The van der Waals surface area contributed by atoms with Crippen LogP contribution in [0.15, 0.2) is 23.4 Å². The number of hydrogen-bond donors (Lipinski definition) is 1. The largest absolute Gasteiger partial charge is 0.445 e. The molecule has 1 aliphatic heterocycles. The van der Waals surface area contributed by atoms with Gasteiger partial charge in [-0.3, -0.25) is 19.8 Å². The molecule has 0 saturated carbocycles. The monoisotopic (exact) mass is 369 g/mol. The number of thiol groups is 1. The van der Waals surface area contributed by atoms with Crippen LogP contribution in [0.3, 0.4) is 0 Å². The fraction of sp³-hybridized carbons (Fsp3) is 0.625. The summed E-state index contributed by atoms with van der Waals surface area (Å²) in [6.45, 7) is 2.26. The highest BCUT2D eigenvalue weighted by Gasteiger charge is 2.40. The van der Waals surface area contributed by atoms with E-state index in [0.717, 1.165) is 5.57 Å². The van der Waals surface area contributed by atoms with Gasteiger partial charge in [-0.1, -0.05) is 13.0 Å². The third-order valence-corrected chi connectivity index (χ3v) is 4.85. The molecule has 0 bridgehead atoms. The van der Waals surface area contributed by atoms with Crippen LogP contribution in [0.4, 0.5) is 4.79 Å². The van der Waals surface area contributed by atoms with Gasteiger partial charge in [0.05, 0.1) is 4.92 Å². The normalized spacial score (nSPS) is 25.9. The summed E-state index contributed by atoms with van der Waals surface area (Å²) < 4.78 is 5.35. The van der Waals surface area contributed by atoms with Crippen molar-refractivity contribution in [1.29, 1.82) is 0 Å². The molecule has 25 heavy (non-hydrogen) atoms. The summed E-state index contributed by atoms with van der Waals surface area (Å²) in [5, 5.41) is 10.7. The fourth-order valence-corrected chi connectivity index (χ4v) is 3.36. The number of carbonyl (C=O) groups is 2. The zero-order chi connectivity index (χ0) is 18.7. The maximum atomic E-state index is 12.4. The van der Waals surface area contributed by atoms with E-state index in [1.54, 1.807) is 20.2 Å². The van der Waals surface area contributed by atoms with Gasteiger partial charge in [0.25, 0.3) is 0 Å². The van der Waals surface area contributed by atoms with Crippen molar-refractivity contribution < 1.29 is 19.2 Å². The summed E-state index contributed by atoms with van der Waals surface area (Å²) in [7, 11) is 3.29. The van der Waals surface area contributed by atoms with E-state index in [-0.39, 0.29) is 29.4 Å². The number of likely N-dealkylation sites (N-methyl/N-ethyl adjacent to an activating group) is 1. The van der Waals surface area contributed by atoms with E-state index in [1.807, 2.05) is 6.92 Å². The molecule has 1 aliphatic carbocycles. The molecule has 0 aromatic rings. The van der Waals surface area contributed by atoms with Crippen molar-refractivity contribution in [3.63, 3.8) is 0 Å². The van der Waals surface area contributed by atoms with Crippen LogP contribution in [0.2, 0.25) is 0 Å². The highest BCUT2D eigenvalue weighted by Crippen LogP contribution is 2.27. The van der Waals surface area contributed by atoms with Crippen LogP contribution >= 0.6 is 12.6 Å². The summed E-state index contributed by atoms with van der Waals surface area (Å²) in [5.74, 6) is -0.231. The Labute approximate surface area is 152 Å². The lowest BCUT2D eigenvalue weighted by Gasteiger charge is -2.26. The van der Waals surface area contributed by atoms with Crippen molar-refractivity contribution in [2.24, 2.45) is 5.92 Å². The van der Waals surface area contributed by atoms with Crippen LogP contribution < -0.4 is 0 Å². The van der Waals surface area contributed by atoms with Crippen molar-refractivity contribution >= 4 is 24.6 Å². The molecule has 0 radical (unpaired) electrons. The standard InChI is InChI=1S/C16H23N3O5S/c1-10-6-12(19(22)23)5-4-11(10)9-24-16(21)18-8-13(25)7-14(18)15(20)17(2)3/h4-5,10,13-14,25H,6-9H2,1-3H3/t10?,13-,14-/m0/s1. The van der Waals surface area contributed by atoms with Gasteiger partial charge in [0, 0.05) is 38.4 Å². The average molecular weight is 369 g/mol. The minimum absolute atomic E-state index is 0.0537. The Bertz CT molecular complexity index is 631. The first-order valence-corrected chi connectivity index (χ1v) is 8.59. The highest BCUT2D eigenvalue weighted by molar-refractivity contribution is 7.81. The second-order valence-corrected chi connectivity index (χ2v) is 7.34. The van der Waals surface area contributed by atoms with Crippen LogP contribution in [-0.4, -0.2) is 65.3 Å². The summed E-state index contributed by atoms with van der Waals surface area (Å²) in [6.07, 6.45) is 3.31. The van der Waals surface area contributed by atoms with Crippen molar-refractivity contribution in [3.8, 4) is 0 Å². The summed E-state index contributed by atoms with van der Waals surface area (Å²) in [5.41, 5.74) is 0.965. The highest BCUT2D eigenvalue weighted by atomic mass is 32.1. The first kappa shape index (κ1) is 19.3. The molecule has 0 N–H and O–H groups in total. The van der Waals surface area contributed by atoms with Crippen LogP contribution in [0.5, 0.6) is 0 Å². The Balaban J connectivity index is 2.00. The number of nitro groups is 1. The number of amides is 2. The number of ether oxygens (including phenoxy) is 1. The van der Waals surface area contributed by atoms with Gasteiger partial charge in [-0.05, 0) is 17.9 Å². The number of rotatable bonds is 4. The molecule has 0 aromatic carbocycles. The molecule has 1 saturated heterocycles. The zero-order valence-electron chi connectivity index (χ0n) is 14.5. The minimum atomic E-state index is -0.566. The fourth-order valence-electron chi connectivity index (χ4n) is 2.98. The van der Waals surface area contributed by atoms with Crippen LogP contribution in [0, 0.1) is 16.0 Å². The van der Waals surface area contributed by atoms with E-state index in [0.29, 0.717) is 19.4 Å². The number of allylic oxidation sites excluding steroid dienone is 3. The summed E-state index contributed by atoms with van der Waals surface area (Å²) in [4.78, 5) is 37.9. The second kappa shape index (κ2) is 7.90. The Morgan fingerprint density at radius 2 is 2.12 bits per heavy atom. The molecule has 3 atom stereocenters. The van der Waals surface area contributed by atoms with Crippen LogP contribution in [0.25, 0.3) is 0 Å². The van der Waals surface area contributed by atoms with E-state index in [2.05, 4.69) is 12.6 Å². The number of likely N-dealkylation sites (tertiary alicyclic amines) is 1. The topological polar surface area (TPSA) is 93.0 Å². The second-order valence-electron chi connectivity index (χ2n) is 6.61. The minimum Gasteiger partial charge on any atom is -0.445 e. The molecule has 0 spiro atoms. The third kappa shape index (κ3) is 4.53. The first-order valence-electron chi connectivity index (χ1n) is 8.07. The average Bonchev–Trinajstić information content (AvgIpc) is 2.94. The van der Waals surface area contributed by atoms with Crippen molar-refractivity contribution in [1.82, 2.24) is 9.80 Å². The molecular formula is C16H23N3O5S. The smallest absolute Gasteiger partial charge is 0.410 e. The number of hydrogen-bond acceptors (Lipinski definition) is 6. The molecule has 138 valence electrons. The molecule has 0 aromatic heterocycles. The van der Waals surface area contributed by atoms with Gasteiger partial charge in [-0.15, -0.1) is 0 Å². The van der Waals surface area contributed by atoms with Gasteiger partial charge < -0.3 is 9.64 Å². The Morgan fingerprint density at radius 3 is 2.68 bits per heavy atom. The maximum Gasteiger partial charge on any atom is 0.410 e. The van der Waals surface area contributed by atoms with Gasteiger partial charge in [-0.25, -0.2) is 4.79 Å². The van der Waals surface area contributed by atoms with Crippen molar-refractivity contribution in [2.75, 3.05) is 27.2 Å². The molecule has 9 heteroatoms. The van der Waals surface area contributed by atoms with Gasteiger partial charge in [-0.2, -0.15) is 12.6 Å². The molecule has 2 amide bonds. The lowest BCUT2D eigenvalue weighted by atomic mass is 9.92. The predicted octanol–water partition coefficient (Wildman–Crippen LogP) is 1.71. The van der Waals surface area contributed by atoms with Crippen LogP contribution in [0.1, 0.15) is 19.8 Å². The van der Waals surface area contributed by atoms with Gasteiger partial charge >= 0.3 is 6.09 Å². The maximum absolute atomic E-state index is 12.4. The predicted molar refractivity (Wildman–Crippen MR) is 94.9 cm³/mol. The Hall–Kier alpha value is -2.03. The van der Waals surface area contributed by atoms with E-state index < -0.39 is 17.1 Å². The van der Waals surface area contributed by atoms with Gasteiger partial charge in [0.1, 0.15) is 12.6 Å². The van der Waals surface area contributed by atoms with E-state index in [1.165, 1.54) is 15.9 Å². The lowest BCUT2D eigenvalue weighted by Crippen LogP contribution is -2.45. The number of nitrogens with zero attached hydrogens (tertiary/aromatic N) is 3. The van der Waals surface area contributed by atoms with Crippen molar-refractivity contribution in [3.05, 3.63) is 33.5 Å². The quantitative estimate of drug-likeness (QED) is 0.463. The van der Waals surface area contributed by atoms with Gasteiger partial charge in [0.2, 0.25) is 11.6 Å². The summed E-state index contributed by atoms with van der Waals surface area (Å²) in [6, 6.07) is -0.566. The SMILES string of the molecule is CC1CC([N+](=O)[O-])=CC=C1COC(=O)N1C[C@@H](S)C[C@H]1C(=O)N(C)C. The van der Waals surface area contributed by atoms with E-state index in [9.17, 15) is 19.7 Å². The molecule has 1 unspecified atom stereocenters. The molecule has 2 aliphatic rings. The zero-order valence-corrected chi connectivity index (χ0v) is 15.4. The molecule has 1 heterocycles. The summed E-state index contributed by atoms with van der Waals surface area (Å²) >= 11 is 4.38. The molecule has 1 fully saturated rings. The Kier molecular flexibility index (Phi) is 6.10. The van der Waals surface area contributed by atoms with E-state index >= 15 is 0 Å². The molecule has 8 nitrogen and oxygen atoms in total. The molecular weight excluding hydrogens is 346 g/mol. The van der Waals surface area contributed by atoms with E-state index in [4.69, 9.17) is 4.74 Å². The lowest BCUT2D eigenvalue weighted by molar-refractivity contribution is -0.428. The van der Waals surface area contributed by atoms with Gasteiger partial charge in [0.15, 0.2) is 0 Å². The number of carbonyl (C=O) groups excluding carboxylic acids is 2. The first-order chi connectivity index (χ1) is 11.7. The Morgan fingerprint density at radius 1 is 1.44 bits per heavy atom. The van der Waals surface area contributed by atoms with Crippen molar-refractivity contribution in [2.45, 2.75) is 31.1 Å². The molecule has 2 rings (SSSR count).